The Labute approximate surface area is 136 Å². The molecule has 0 amide bonds. The maximum absolute atomic E-state index is 11.0. The van der Waals surface area contributed by atoms with Crippen LogP contribution in [0.2, 0.25) is 0 Å². The van der Waals surface area contributed by atoms with Gasteiger partial charge in [0.1, 0.15) is 6.29 Å². The van der Waals surface area contributed by atoms with Crippen LogP contribution in [0.4, 0.5) is 0 Å². The number of ether oxygens (including phenoxy) is 1. The van der Waals surface area contributed by atoms with Gasteiger partial charge in [-0.2, -0.15) is 0 Å². The van der Waals surface area contributed by atoms with Crippen molar-refractivity contribution in [2.75, 3.05) is 0 Å². The molecule has 3 aliphatic rings. The Kier molecular flexibility index (Phi) is 3.79. The number of carbonyl (C=O) groups excluding carboxylic acids is 1. The molecule has 3 fully saturated rings. The summed E-state index contributed by atoms with van der Waals surface area (Å²) >= 11 is 0. The summed E-state index contributed by atoms with van der Waals surface area (Å²) in [5.74, 6) is 1.48. The first-order chi connectivity index (χ1) is 10.2. The second-order valence-electron chi connectivity index (χ2n) is 9.77. The zero-order chi connectivity index (χ0) is 16.2. The first-order valence-electron chi connectivity index (χ1n) is 9.29. The van der Waals surface area contributed by atoms with Gasteiger partial charge in [-0.3, -0.25) is 0 Å². The monoisotopic (exact) mass is 306 g/mol. The van der Waals surface area contributed by atoms with Gasteiger partial charge in [0.2, 0.25) is 0 Å². The van der Waals surface area contributed by atoms with E-state index in [0.29, 0.717) is 23.2 Å². The third-order valence-electron chi connectivity index (χ3n) is 7.70. The van der Waals surface area contributed by atoms with Crippen molar-refractivity contribution in [2.45, 2.75) is 97.2 Å². The molecular weight excluding hydrogens is 272 g/mol. The SMILES string of the molecule is CC1(C)CCC[C@@]2(C)[C@H]3CC[C@@](C)(CC=O)O[C@@]3(C)CC[C@@H]12. The summed E-state index contributed by atoms with van der Waals surface area (Å²) in [4.78, 5) is 11.0. The number of rotatable bonds is 2. The molecule has 126 valence electrons. The van der Waals surface area contributed by atoms with Crippen molar-refractivity contribution >= 4 is 6.29 Å². The van der Waals surface area contributed by atoms with E-state index in [1.54, 1.807) is 0 Å². The summed E-state index contributed by atoms with van der Waals surface area (Å²) in [7, 11) is 0. The predicted molar refractivity (Wildman–Crippen MR) is 89.8 cm³/mol. The van der Waals surface area contributed by atoms with Gasteiger partial charge in [-0.1, -0.05) is 27.2 Å². The number of carbonyl (C=O) groups is 1. The highest BCUT2D eigenvalue weighted by atomic mass is 16.5. The van der Waals surface area contributed by atoms with Crippen LogP contribution in [0.5, 0.6) is 0 Å². The minimum absolute atomic E-state index is 0.0331. The highest BCUT2D eigenvalue weighted by molar-refractivity contribution is 5.51. The molecular formula is C20H34O2. The number of fused-ring (bicyclic) bond motifs is 3. The minimum Gasteiger partial charge on any atom is -0.368 e. The molecule has 1 saturated heterocycles. The van der Waals surface area contributed by atoms with Crippen molar-refractivity contribution in [3.8, 4) is 0 Å². The molecule has 2 aliphatic carbocycles. The fraction of sp³-hybridized carbons (Fsp3) is 0.950. The third-order valence-corrected chi connectivity index (χ3v) is 7.70. The molecule has 0 unspecified atom stereocenters. The summed E-state index contributed by atoms with van der Waals surface area (Å²) in [5, 5.41) is 0. The molecule has 0 spiro atoms. The number of hydrogen-bond donors (Lipinski definition) is 0. The number of hydrogen-bond acceptors (Lipinski definition) is 2. The Morgan fingerprint density at radius 2 is 1.64 bits per heavy atom. The van der Waals surface area contributed by atoms with E-state index >= 15 is 0 Å². The summed E-state index contributed by atoms with van der Waals surface area (Å²) in [5.41, 5.74) is 0.615. The molecule has 2 heteroatoms. The van der Waals surface area contributed by atoms with Gasteiger partial charge in [-0.05, 0) is 75.0 Å². The van der Waals surface area contributed by atoms with Crippen LogP contribution in [0.1, 0.15) is 86.0 Å². The standard InChI is InChI=1S/C20H34O2/c1-17(2)9-6-10-19(4)15(17)8-12-20(5)16(19)7-11-18(3,22-20)13-14-21/h14-16H,6-13H2,1-5H3/t15-,16+,18-,19+,20-/m0/s1. The van der Waals surface area contributed by atoms with Crippen molar-refractivity contribution in [1.82, 2.24) is 0 Å². The fourth-order valence-electron chi connectivity index (χ4n) is 6.75. The van der Waals surface area contributed by atoms with Crippen molar-refractivity contribution in [2.24, 2.45) is 22.7 Å². The van der Waals surface area contributed by atoms with Gasteiger partial charge in [-0.25, -0.2) is 0 Å². The van der Waals surface area contributed by atoms with Gasteiger partial charge < -0.3 is 9.53 Å². The van der Waals surface area contributed by atoms with Crippen LogP contribution < -0.4 is 0 Å². The highest BCUT2D eigenvalue weighted by Gasteiger charge is 2.61. The van der Waals surface area contributed by atoms with Crippen molar-refractivity contribution in [3.63, 3.8) is 0 Å². The molecule has 0 bridgehead atoms. The smallest absolute Gasteiger partial charge is 0.122 e. The lowest BCUT2D eigenvalue weighted by Gasteiger charge is -2.65. The molecule has 5 atom stereocenters. The topological polar surface area (TPSA) is 26.3 Å². The first-order valence-corrected chi connectivity index (χ1v) is 9.29. The van der Waals surface area contributed by atoms with E-state index in [-0.39, 0.29) is 11.2 Å². The zero-order valence-electron chi connectivity index (χ0n) is 15.2. The van der Waals surface area contributed by atoms with Crippen LogP contribution in [0, 0.1) is 22.7 Å². The molecule has 0 aromatic carbocycles. The van der Waals surface area contributed by atoms with Crippen LogP contribution in [0.25, 0.3) is 0 Å². The summed E-state index contributed by atoms with van der Waals surface area (Å²) < 4.78 is 6.66. The Morgan fingerprint density at radius 1 is 0.955 bits per heavy atom. The average molecular weight is 306 g/mol. The van der Waals surface area contributed by atoms with E-state index in [1.165, 1.54) is 32.1 Å². The van der Waals surface area contributed by atoms with Crippen LogP contribution in [-0.4, -0.2) is 17.5 Å². The van der Waals surface area contributed by atoms with Crippen molar-refractivity contribution < 1.29 is 9.53 Å². The third kappa shape index (κ3) is 2.37. The van der Waals surface area contributed by atoms with Gasteiger partial charge in [-0.15, -0.1) is 0 Å². The normalized spacial score (nSPS) is 50.8. The van der Waals surface area contributed by atoms with Gasteiger partial charge in [0.05, 0.1) is 11.2 Å². The summed E-state index contributed by atoms with van der Waals surface area (Å²) in [6, 6.07) is 0. The lowest BCUT2D eigenvalue weighted by molar-refractivity contribution is -0.264. The van der Waals surface area contributed by atoms with Gasteiger partial charge in [0.25, 0.3) is 0 Å². The van der Waals surface area contributed by atoms with Gasteiger partial charge >= 0.3 is 0 Å². The van der Waals surface area contributed by atoms with Crippen LogP contribution in [0.3, 0.4) is 0 Å². The molecule has 1 heterocycles. The van der Waals surface area contributed by atoms with Crippen LogP contribution in [-0.2, 0) is 9.53 Å². The van der Waals surface area contributed by atoms with Crippen LogP contribution in [0.15, 0.2) is 0 Å². The molecule has 1 aliphatic heterocycles. The molecule has 0 aromatic rings. The Morgan fingerprint density at radius 3 is 2.32 bits per heavy atom. The van der Waals surface area contributed by atoms with E-state index in [0.717, 1.165) is 25.0 Å². The van der Waals surface area contributed by atoms with Crippen molar-refractivity contribution in [1.29, 1.82) is 0 Å². The molecule has 3 rings (SSSR count). The van der Waals surface area contributed by atoms with Crippen LogP contribution >= 0.6 is 0 Å². The predicted octanol–water partition coefficient (Wildman–Crippen LogP) is 5.15. The largest absolute Gasteiger partial charge is 0.368 e. The highest BCUT2D eigenvalue weighted by Crippen LogP contribution is 2.65. The summed E-state index contributed by atoms with van der Waals surface area (Å²) in [6.45, 7) is 12.0. The molecule has 0 N–H and O–H groups in total. The second kappa shape index (κ2) is 5.06. The quantitative estimate of drug-likeness (QED) is 0.660. The molecule has 0 aromatic heterocycles. The van der Waals surface area contributed by atoms with E-state index in [2.05, 4.69) is 34.6 Å². The van der Waals surface area contributed by atoms with Gasteiger partial charge in [0.15, 0.2) is 0 Å². The zero-order valence-corrected chi connectivity index (χ0v) is 15.2. The van der Waals surface area contributed by atoms with E-state index in [9.17, 15) is 4.79 Å². The fourth-order valence-corrected chi connectivity index (χ4v) is 6.75. The Bertz CT molecular complexity index is 457. The minimum atomic E-state index is -0.236. The lowest BCUT2D eigenvalue weighted by atomic mass is 9.44. The molecule has 0 radical (unpaired) electrons. The Balaban J connectivity index is 1.90. The maximum Gasteiger partial charge on any atom is 0.122 e. The molecule has 22 heavy (non-hydrogen) atoms. The van der Waals surface area contributed by atoms with E-state index in [4.69, 9.17) is 4.74 Å². The first kappa shape index (κ1) is 16.5. The Hall–Kier alpha value is -0.370. The molecule has 2 saturated carbocycles. The van der Waals surface area contributed by atoms with Gasteiger partial charge in [0, 0.05) is 6.42 Å². The second-order valence-corrected chi connectivity index (χ2v) is 9.77. The molecule has 2 nitrogen and oxygen atoms in total. The summed E-state index contributed by atoms with van der Waals surface area (Å²) in [6.07, 6.45) is 10.4. The van der Waals surface area contributed by atoms with E-state index in [1.807, 2.05) is 0 Å². The number of aldehydes is 1. The lowest BCUT2D eigenvalue weighted by Crippen LogP contribution is -2.62. The maximum atomic E-state index is 11.0. The van der Waals surface area contributed by atoms with Crippen molar-refractivity contribution in [3.05, 3.63) is 0 Å². The average Bonchev–Trinajstić information content (AvgIpc) is 2.36. The van der Waals surface area contributed by atoms with E-state index < -0.39 is 0 Å².